The Morgan fingerprint density at radius 3 is 2.51 bits per heavy atom. The number of allylic oxidation sites excluding steroid dienone is 1. The van der Waals surface area contributed by atoms with E-state index in [9.17, 15) is 13.2 Å². The van der Waals surface area contributed by atoms with Crippen molar-refractivity contribution in [2.75, 3.05) is 37.5 Å². The molecule has 7 nitrogen and oxygen atoms in total. The molecule has 0 radical (unpaired) electrons. The smallest absolute Gasteiger partial charge is 0.263 e. The molecule has 1 amide bonds. The molecule has 0 spiro atoms. The Morgan fingerprint density at radius 1 is 1.13 bits per heavy atom. The average molecular weight is 705 g/mol. The predicted octanol–water partition coefficient (Wildman–Crippen LogP) is 7.61. The Balaban J connectivity index is 1.73. The summed E-state index contributed by atoms with van der Waals surface area (Å²) in [5.41, 5.74) is 3.14. The molecule has 1 aliphatic heterocycles. The quantitative estimate of drug-likeness (QED) is 0.192. The van der Waals surface area contributed by atoms with Crippen LogP contribution in [0.2, 0.25) is 5.02 Å². The van der Waals surface area contributed by atoms with E-state index in [2.05, 4.69) is 47.8 Å². The Kier molecular flexibility index (Phi) is 13.6. The summed E-state index contributed by atoms with van der Waals surface area (Å²) in [7, 11) is -0.771. The number of hydrogen-bond acceptors (Lipinski definition) is 6. The van der Waals surface area contributed by atoms with Gasteiger partial charge in [0.2, 0.25) is 0 Å². The number of carbonyl (C=O) groups is 1. The summed E-state index contributed by atoms with van der Waals surface area (Å²) in [6.45, 7) is 13.8. The van der Waals surface area contributed by atoms with E-state index in [1.807, 2.05) is 45.9 Å². The number of hydrogen-bond donors (Lipinski definition) is 1. The molecule has 2 aliphatic rings. The lowest BCUT2D eigenvalue weighted by Gasteiger charge is -2.50. The van der Waals surface area contributed by atoms with Crippen LogP contribution in [-0.4, -0.2) is 63.0 Å². The zero-order valence-corrected chi connectivity index (χ0v) is 31.4. The van der Waals surface area contributed by atoms with Gasteiger partial charge in [0.25, 0.3) is 5.91 Å². The second-order valence-electron chi connectivity index (χ2n) is 13.5. The second-order valence-corrected chi connectivity index (χ2v) is 17.6. The van der Waals surface area contributed by atoms with E-state index < -0.39 is 27.4 Å². The standard InChI is InChI=1S/C37H53ClN2O5S2/c1-8-10-18-37(44-7,24-46(42)25(3)4)33-16-12-29(33)21-40-22-30(32-15-14-31(38)19-27(32)11-9-2)23-45-35-17-13-28(20-34(35)40)36(41)39-47(43)26(5)6/h10,13-15,17-20,25-26,29-30,33H,8-9,11-12,16,21-24H2,1-7H3,(H,39,41)/b18-10+/t29?,30?,33?,37-,46?,47?/m1/s1. The minimum atomic E-state index is -1.48. The lowest BCUT2D eigenvalue weighted by atomic mass is 9.64. The van der Waals surface area contributed by atoms with E-state index in [1.165, 1.54) is 11.1 Å². The zero-order chi connectivity index (χ0) is 34.3. The van der Waals surface area contributed by atoms with E-state index in [1.54, 1.807) is 13.2 Å². The monoisotopic (exact) mass is 704 g/mol. The summed E-state index contributed by atoms with van der Waals surface area (Å²) in [4.78, 5) is 15.6. The maximum absolute atomic E-state index is 13.3. The molecule has 5 unspecified atom stereocenters. The van der Waals surface area contributed by atoms with Gasteiger partial charge in [0.1, 0.15) is 22.3 Å². The van der Waals surface area contributed by atoms with Crippen molar-refractivity contribution in [2.45, 2.75) is 95.7 Å². The first-order chi connectivity index (χ1) is 22.4. The fraction of sp³-hybridized carbons (Fsp3) is 0.595. The minimum Gasteiger partial charge on any atom is -0.491 e. The Labute approximate surface area is 292 Å². The first-order valence-electron chi connectivity index (χ1n) is 17.0. The largest absolute Gasteiger partial charge is 0.491 e. The number of aryl methyl sites for hydroxylation is 1. The number of benzene rings is 2. The Bertz CT molecular complexity index is 1460. The highest BCUT2D eigenvalue weighted by Gasteiger charge is 2.48. The minimum absolute atomic E-state index is 0.0414. The summed E-state index contributed by atoms with van der Waals surface area (Å²) in [6.07, 6.45) is 9.13. The van der Waals surface area contributed by atoms with E-state index in [0.717, 1.165) is 55.1 Å². The molecule has 6 atom stereocenters. The molecular weight excluding hydrogens is 652 g/mol. The van der Waals surface area contributed by atoms with Gasteiger partial charge in [0.15, 0.2) is 0 Å². The number of amides is 1. The molecule has 47 heavy (non-hydrogen) atoms. The van der Waals surface area contributed by atoms with Gasteiger partial charge in [-0.3, -0.25) is 13.7 Å². The van der Waals surface area contributed by atoms with Crippen molar-refractivity contribution in [3.8, 4) is 5.75 Å². The summed E-state index contributed by atoms with van der Waals surface area (Å²) in [5, 5.41) is 0.577. The van der Waals surface area contributed by atoms with E-state index in [-0.39, 0.29) is 34.2 Å². The van der Waals surface area contributed by atoms with Crippen LogP contribution in [0.4, 0.5) is 5.69 Å². The van der Waals surface area contributed by atoms with Crippen molar-refractivity contribution in [2.24, 2.45) is 11.8 Å². The van der Waals surface area contributed by atoms with Crippen molar-refractivity contribution in [1.29, 1.82) is 0 Å². The Hall–Kier alpha value is -2.20. The van der Waals surface area contributed by atoms with Crippen LogP contribution >= 0.6 is 11.6 Å². The SMILES string of the molecule is CC/C=C/[C@](CS(=O)C(C)C)(OC)C1CCC1CN1CC(c2ccc(Cl)cc2CCC)COc2ccc(C(=O)NS(=O)C(C)C)cc21. The number of fused-ring (bicyclic) bond motifs is 1. The predicted molar refractivity (Wildman–Crippen MR) is 197 cm³/mol. The molecule has 10 heteroatoms. The van der Waals surface area contributed by atoms with Crippen molar-refractivity contribution in [1.82, 2.24) is 4.72 Å². The topological polar surface area (TPSA) is 84.9 Å². The summed E-state index contributed by atoms with van der Waals surface area (Å²) >= 11 is 6.45. The first-order valence-corrected chi connectivity index (χ1v) is 20.0. The summed E-state index contributed by atoms with van der Waals surface area (Å²) in [6, 6.07) is 11.6. The fourth-order valence-electron chi connectivity index (χ4n) is 6.70. The van der Waals surface area contributed by atoms with Crippen molar-refractivity contribution >= 4 is 45.0 Å². The van der Waals surface area contributed by atoms with Gasteiger partial charge < -0.3 is 14.4 Å². The fourth-order valence-corrected chi connectivity index (χ4v) is 8.64. The first kappa shape index (κ1) is 37.6. The van der Waals surface area contributed by atoms with Gasteiger partial charge in [-0.2, -0.15) is 0 Å². The van der Waals surface area contributed by atoms with Crippen LogP contribution in [0.1, 0.15) is 94.6 Å². The van der Waals surface area contributed by atoms with E-state index in [4.69, 9.17) is 21.1 Å². The van der Waals surface area contributed by atoms with Crippen LogP contribution in [0, 0.1) is 11.8 Å². The second kappa shape index (κ2) is 17.0. The molecule has 0 aromatic heterocycles. The van der Waals surface area contributed by atoms with E-state index in [0.29, 0.717) is 24.5 Å². The summed E-state index contributed by atoms with van der Waals surface area (Å²) in [5.74, 6) is 1.36. The molecule has 0 bridgehead atoms. The van der Waals surface area contributed by atoms with Gasteiger partial charge in [-0.05, 0) is 92.8 Å². The molecule has 260 valence electrons. The summed E-state index contributed by atoms with van der Waals surface area (Å²) < 4.78 is 41.2. The van der Waals surface area contributed by atoms with Crippen molar-refractivity contribution in [3.63, 3.8) is 0 Å². The van der Waals surface area contributed by atoms with Crippen molar-refractivity contribution < 1.29 is 22.7 Å². The van der Waals surface area contributed by atoms with Crippen LogP contribution in [0.25, 0.3) is 0 Å². The lowest BCUT2D eigenvalue weighted by molar-refractivity contribution is -0.0591. The highest BCUT2D eigenvalue weighted by molar-refractivity contribution is 7.85. The number of halogens is 1. The number of nitrogens with one attached hydrogen (secondary N) is 1. The van der Waals surface area contributed by atoms with E-state index >= 15 is 0 Å². The Morgan fingerprint density at radius 2 is 1.89 bits per heavy atom. The molecule has 4 rings (SSSR count). The number of anilines is 1. The molecule has 0 saturated heterocycles. The van der Waals surface area contributed by atoms with Gasteiger partial charge >= 0.3 is 0 Å². The maximum Gasteiger partial charge on any atom is 0.263 e. The highest BCUT2D eigenvalue weighted by Crippen LogP contribution is 2.47. The number of nitrogens with zero attached hydrogens (tertiary/aromatic N) is 1. The highest BCUT2D eigenvalue weighted by atomic mass is 35.5. The zero-order valence-electron chi connectivity index (χ0n) is 29.1. The van der Waals surface area contributed by atoms with Gasteiger partial charge in [0.05, 0.1) is 18.0 Å². The van der Waals surface area contributed by atoms with Gasteiger partial charge in [-0.25, -0.2) is 4.21 Å². The molecule has 1 N–H and O–H groups in total. The average Bonchev–Trinajstić information content (AvgIpc) is 3.20. The maximum atomic E-state index is 13.3. The molecule has 2 aromatic rings. The molecule has 1 saturated carbocycles. The third-order valence-electron chi connectivity index (χ3n) is 9.54. The number of carbonyl (C=O) groups excluding carboxylic acids is 1. The molecule has 1 aliphatic carbocycles. The molecule has 2 aromatic carbocycles. The molecular formula is C37H53ClN2O5S2. The third-order valence-corrected chi connectivity index (χ3v) is 12.8. The van der Waals surface area contributed by atoms with Crippen LogP contribution in [0.3, 0.4) is 0 Å². The van der Waals surface area contributed by atoms with Crippen LogP contribution in [-0.2, 0) is 32.9 Å². The number of rotatable bonds is 15. The number of ether oxygens (including phenoxy) is 2. The van der Waals surface area contributed by atoms with Gasteiger partial charge in [0, 0.05) is 58.0 Å². The van der Waals surface area contributed by atoms with Gasteiger partial charge in [-0.15, -0.1) is 0 Å². The molecule has 1 fully saturated rings. The normalized spacial score (nSPS) is 22.3. The lowest BCUT2D eigenvalue weighted by Crippen LogP contribution is -2.54. The van der Waals surface area contributed by atoms with Crippen molar-refractivity contribution in [3.05, 3.63) is 70.3 Å². The third kappa shape index (κ3) is 9.08. The molecule has 1 heterocycles. The van der Waals surface area contributed by atoms with Crippen LogP contribution in [0.5, 0.6) is 5.75 Å². The van der Waals surface area contributed by atoms with Crippen LogP contribution in [0.15, 0.2) is 48.6 Å². The number of methoxy groups -OCH3 is 1. The van der Waals surface area contributed by atoms with Gasteiger partial charge in [-0.1, -0.05) is 63.9 Å². The van der Waals surface area contributed by atoms with Crippen LogP contribution < -0.4 is 14.4 Å².